The van der Waals surface area contributed by atoms with Crippen LogP contribution in [0.2, 0.25) is 0 Å². The fourth-order valence-electron chi connectivity index (χ4n) is 1.30. The van der Waals surface area contributed by atoms with Crippen LogP contribution >= 0.6 is 0 Å². The van der Waals surface area contributed by atoms with E-state index in [0.29, 0.717) is 11.6 Å². The molecule has 0 bridgehead atoms. The number of aliphatic hydroxyl groups is 1. The summed E-state index contributed by atoms with van der Waals surface area (Å²) in [5.41, 5.74) is 0.417. The van der Waals surface area contributed by atoms with Gasteiger partial charge in [-0.15, -0.1) is 0 Å². The third-order valence-electron chi connectivity index (χ3n) is 1.85. The van der Waals surface area contributed by atoms with Crippen molar-refractivity contribution < 1.29 is 18.3 Å². The maximum atomic E-state index is 11.6. The van der Waals surface area contributed by atoms with E-state index in [2.05, 4.69) is 4.98 Å². The topological polar surface area (TPSA) is 76.5 Å². The summed E-state index contributed by atoms with van der Waals surface area (Å²) < 4.78 is 28.0. The minimum atomic E-state index is -3.33. The first-order chi connectivity index (χ1) is 7.43. The summed E-state index contributed by atoms with van der Waals surface area (Å²) in [6.45, 7) is 1.44. The molecule has 6 heteroatoms. The molecule has 1 N–H and O–H groups in total. The summed E-state index contributed by atoms with van der Waals surface area (Å²) in [6, 6.07) is 4.94. The van der Waals surface area contributed by atoms with Crippen LogP contribution in [-0.4, -0.2) is 37.5 Å². The summed E-state index contributed by atoms with van der Waals surface area (Å²) >= 11 is 0. The molecule has 0 fully saturated rings. The Morgan fingerprint density at radius 3 is 2.75 bits per heavy atom. The lowest BCUT2D eigenvalue weighted by molar-refractivity contribution is 0.218. The number of rotatable bonds is 5. The summed E-state index contributed by atoms with van der Waals surface area (Å²) in [6.07, 6.45) is -0.865. The average molecular weight is 245 g/mol. The number of nitrogens with zero attached hydrogens (tertiary/aromatic N) is 1. The van der Waals surface area contributed by atoms with Crippen LogP contribution in [0, 0.1) is 0 Å². The van der Waals surface area contributed by atoms with Crippen molar-refractivity contribution in [3.63, 3.8) is 0 Å². The SMILES string of the molecule is COc1cccc(CS(=O)(=O)C[C@H](C)O)n1. The minimum Gasteiger partial charge on any atom is -0.481 e. The van der Waals surface area contributed by atoms with E-state index in [1.165, 1.54) is 14.0 Å². The molecule has 1 aromatic rings. The van der Waals surface area contributed by atoms with Crippen molar-refractivity contribution in [1.29, 1.82) is 0 Å². The van der Waals surface area contributed by atoms with Crippen molar-refractivity contribution in [2.75, 3.05) is 12.9 Å². The second-order valence-electron chi connectivity index (χ2n) is 3.57. The summed E-state index contributed by atoms with van der Waals surface area (Å²) in [7, 11) is -1.86. The molecular formula is C10H15NO4S. The predicted molar refractivity (Wildman–Crippen MR) is 60.0 cm³/mol. The first kappa shape index (κ1) is 12.9. The Labute approximate surface area is 95.0 Å². The fraction of sp³-hybridized carbons (Fsp3) is 0.500. The van der Waals surface area contributed by atoms with Gasteiger partial charge in [-0.05, 0) is 13.0 Å². The number of methoxy groups -OCH3 is 1. The van der Waals surface area contributed by atoms with Crippen molar-refractivity contribution in [2.24, 2.45) is 0 Å². The highest BCUT2D eigenvalue weighted by molar-refractivity contribution is 7.90. The second kappa shape index (κ2) is 5.27. The smallest absolute Gasteiger partial charge is 0.213 e. The molecule has 0 radical (unpaired) electrons. The fourth-order valence-corrected chi connectivity index (χ4v) is 2.77. The van der Waals surface area contributed by atoms with Crippen LogP contribution in [0.25, 0.3) is 0 Å². The van der Waals surface area contributed by atoms with Crippen LogP contribution in [-0.2, 0) is 15.6 Å². The molecule has 1 atom stereocenters. The Bertz CT molecular complexity index is 442. The van der Waals surface area contributed by atoms with Gasteiger partial charge in [-0.2, -0.15) is 0 Å². The Hall–Kier alpha value is -1.14. The van der Waals surface area contributed by atoms with Crippen LogP contribution in [0.1, 0.15) is 12.6 Å². The van der Waals surface area contributed by atoms with E-state index in [1.807, 2.05) is 0 Å². The molecule has 0 aliphatic carbocycles. The van der Waals surface area contributed by atoms with E-state index < -0.39 is 15.9 Å². The third-order valence-corrected chi connectivity index (χ3v) is 3.58. The lowest BCUT2D eigenvalue weighted by atomic mass is 10.4. The van der Waals surface area contributed by atoms with Gasteiger partial charge in [-0.25, -0.2) is 13.4 Å². The third kappa shape index (κ3) is 4.16. The van der Waals surface area contributed by atoms with Gasteiger partial charge >= 0.3 is 0 Å². The van der Waals surface area contributed by atoms with Gasteiger partial charge in [0, 0.05) is 6.07 Å². The van der Waals surface area contributed by atoms with Crippen molar-refractivity contribution in [1.82, 2.24) is 4.98 Å². The number of sulfone groups is 1. The van der Waals surface area contributed by atoms with E-state index in [0.717, 1.165) is 0 Å². The summed E-state index contributed by atoms with van der Waals surface area (Å²) in [5.74, 6) is -0.0641. The molecule has 0 unspecified atom stereocenters. The van der Waals surface area contributed by atoms with Gasteiger partial charge in [0.15, 0.2) is 9.84 Å². The molecule has 0 saturated carbocycles. The summed E-state index contributed by atoms with van der Waals surface area (Å²) in [4.78, 5) is 4.00. The molecular weight excluding hydrogens is 230 g/mol. The molecule has 0 amide bonds. The van der Waals surface area contributed by atoms with Crippen molar-refractivity contribution in [3.05, 3.63) is 23.9 Å². The van der Waals surface area contributed by atoms with Crippen LogP contribution in [0.15, 0.2) is 18.2 Å². The molecule has 0 saturated heterocycles. The molecule has 0 spiro atoms. The van der Waals surface area contributed by atoms with E-state index in [1.54, 1.807) is 18.2 Å². The molecule has 1 rings (SSSR count). The first-order valence-electron chi connectivity index (χ1n) is 4.81. The van der Waals surface area contributed by atoms with Crippen LogP contribution in [0.5, 0.6) is 5.88 Å². The molecule has 0 aliphatic rings. The van der Waals surface area contributed by atoms with E-state index >= 15 is 0 Å². The zero-order valence-corrected chi connectivity index (χ0v) is 10.1. The van der Waals surface area contributed by atoms with Crippen molar-refractivity contribution in [2.45, 2.75) is 18.8 Å². The number of aliphatic hydroxyl groups excluding tert-OH is 1. The van der Waals surface area contributed by atoms with Gasteiger partial charge in [-0.3, -0.25) is 0 Å². The van der Waals surface area contributed by atoms with Gasteiger partial charge in [0.1, 0.15) is 0 Å². The van der Waals surface area contributed by atoms with Gasteiger partial charge < -0.3 is 9.84 Å². The van der Waals surface area contributed by atoms with Crippen molar-refractivity contribution >= 4 is 9.84 Å². The van der Waals surface area contributed by atoms with Gasteiger partial charge in [0.2, 0.25) is 5.88 Å². The molecule has 1 heterocycles. The van der Waals surface area contributed by atoms with E-state index in [4.69, 9.17) is 9.84 Å². The predicted octanol–water partition coefficient (Wildman–Crippen LogP) is 0.386. The van der Waals surface area contributed by atoms with E-state index in [9.17, 15) is 8.42 Å². The number of aromatic nitrogens is 1. The number of pyridine rings is 1. The average Bonchev–Trinajstić information content (AvgIpc) is 2.15. The van der Waals surface area contributed by atoms with Crippen LogP contribution in [0.4, 0.5) is 0 Å². The van der Waals surface area contributed by atoms with E-state index in [-0.39, 0.29) is 11.5 Å². The second-order valence-corrected chi connectivity index (χ2v) is 5.68. The lowest BCUT2D eigenvalue weighted by Crippen LogP contribution is -2.19. The Morgan fingerprint density at radius 2 is 2.19 bits per heavy atom. The zero-order chi connectivity index (χ0) is 12.2. The molecule has 16 heavy (non-hydrogen) atoms. The summed E-state index contributed by atoms with van der Waals surface area (Å²) in [5, 5.41) is 9.04. The monoisotopic (exact) mass is 245 g/mol. The normalized spacial score (nSPS) is 13.4. The highest BCUT2D eigenvalue weighted by Crippen LogP contribution is 2.10. The molecule has 5 nitrogen and oxygen atoms in total. The lowest BCUT2D eigenvalue weighted by Gasteiger charge is -2.06. The Balaban J connectivity index is 2.80. The standard InChI is InChI=1S/C10H15NO4S/c1-8(12)6-16(13,14)7-9-4-3-5-10(11-9)15-2/h3-5,8,12H,6-7H2,1-2H3/t8-/m0/s1. The Morgan fingerprint density at radius 1 is 1.50 bits per heavy atom. The minimum absolute atomic E-state index is 0.185. The maximum Gasteiger partial charge on any atom is 0.213 e. The molecule has 0 aliphatic heterocycles. The quantitative estimate of drug-likeness (QED) is 0.812. The molecule has 90 valence electrons. The molecule has 1 aromatic heterocycles. The first-order valence-corrected chi connectivity index (χ1v) is 6.63. The maximum absolute atomic E-state index is 11.6. The van der Waals surface area contributed by atoms with Crippen LogP contribution in [0.3, 0.4) is 0 Å². The number of hydrogen-bond acceptors (Lipinski definition) is 5. The molecule has 0 aromatic carbocycles. The number of hydrogen-bond donors (Lipinski definition) is 1. The zero-order valence-electron chi connectivity index (χ0n) is 9.25. The van der Waals surface area contributed by atoms with Gasteiger partial charge in [0.25, 0.3) is 0 Å². The largest absolute Gasteiger partial charge is 0.481 e. The van der Waals surface area contributed by atoms with Crippen LogP contribution < -0.4 is 4.74 Å². The van der Waals surface area contributed by atoms with Gasteiger partial charge in [0.05, 0.1) is 30.4 Å². The number of ether oxygens (including phenoxy) is 1. The Kier molecular flexibility index (Phi) is 4.26. The van der Waals surface area contributed by atoms with Crippen molar-refractivity contribution in [3.8, 4) is 5.88 Å². The highest BCUT2D eigenvalue weighted by atomic mass is 32.2. The highest BCUT2D eigenvalue weighted by Gasteiger charge is 2.16. The van der Waals surface area contributed by atoms with Gasteiger partial charge in [-0.1, -0.05) is 6.07 Å².